The molecule has 0 unspecified atom stereocenters. The van der Waals surface area contributed by atoms with E-state index in [1.807, 2.05) is 49.4 Å². The zero-order valence-corrected chi connectivity index (χ0v) is 11.7. The molecule has 2 heterocycles. The van der Waals surface area contributed by atoms with E-state index in [1.165, 1.54) is 0 Å². The fourth-order valence-corrected chi connectivity index (χ4v) is 2.23. The van der Waals surface area contributed by atoms with Crippen molar-refractivity contribution in [3.05, 3.63) is 71.7 Å². The maximum Gasteiger partial charge on any atom is 0.278 e. The van der Waals surface area contributed by atoms with E-state index in [0.717, 1.165) is 17.0 Å². The van der Waals surface area contributed by atoms with Gasteiger partial charge in [0, 0.05) is 12.4 Å². The first-order chi connectivity index (χ1) is 10.2. The summed E-state index contributed by atoms with van der Waals surface area (Å²) < 4.78 is 0. The Hall–Kier alpha value is -2.75. The van der Waals surface area contributed by atoms with Crippen LogP contribution < -0.4 is 0 Å². The van der Waals surface area contributed by atoms with E-state index in [-0.39, 0.29) is 5.91 Å². The Morgan fingerprint density at radius 3 is 2.52 bits per heavy atom. The molecule has 3 rings (SSSR count). The van der Waals surface area contributed by atoms with Gasteiger partial charge >= 0.3 is 0 Å². The Bertz CT molecular complexity index is 705. The molecule has 0 radical (unpaired) electrons. The van der Waals surface area contributed by atoms with Crippen molar-refractivity contribution >= 4 is 17.8 Å². The summed E-state index contributed by atoms with van der Waals surface area (Å²) >= 11 is 0. The van der Waals surface area contributed by atoms with Gasteiger partial charge in [-0.25, -0.2) is 4.99 Å². The molecule has 1 amide bonds. The van der Waals surface area contributed by atoms with Crippen molar-refractivity contribution in [1.29, 1.82) is 0 Å². The molecule has 0 fully saturated rings. The quantitative estimate of drug-likeness (QED) is 0.810. The van der Waals surface area contributed by atoms with Gasteiger partial charge in [-0.3, -0.25) is 14.7 Å². The summed E-state index contributed by atoms with van der Waals surface area (Å²) in [7, 11) is 0. The third-order valence-electron chi connectivity index (χ3n) is 3.33. The Labute approximate surface area is 123 Å². The van der Waals surface area contributed by atoms with Crippen LogP contribution in [0.15, 0.2) is 65.5 Å². The highest BCUT2D eigenvalue weighted by atomic mass is 16.2. The van der Waals surface area contributed by atoms with Crippen LogP contribution in [0.3, 0.4) is 0 Å². The summed E-state index contributed by atoms with van der Waals surface area (Å²) in [6, 6.07) is 13.6. The number of benzene rings is 1. The molecule has 0 saturated heterocycles. The predicted octanol–water partition coefficient (Wildman–Crippen LogP) is 2.88. The minimum atomic E-state index is -0.0619. The first-order valence-corrected chi connectivity index (χ1v) is 6.77. The zero-order chi connectivity index (χ0) is 14.7. The third kappa shape index (κ3) is 2.89. The monoisotopic (exact) mass is 277 g/mol. The summed E-state index contributed by atoms with van der Waals surface area (Å²) in [5, 5.41) is 0. The van der Waals surface area contributed by atoms with Gasteiger partial charge in [0.05, 0.1) is 6.54 Å². The lowest BCUT2D eigenvalue weighted by Gasteiger charge is -2.15. The first kappa shape index (κ1) is 13.2. The van der Waals surface area contributed by atoms with Crippen LogP contribution >= 0.6 is 0 Å². The molecule has 0 aliphatic carbocycles. The van der Waals surface area contributed by atoms with Crippen molar-refractivity contribution in [2.24, 2.45) is 4.99 Å². The normalized spacial score (nSPS) is 16.4. The number of hydrogen-bond acceptors (Lipinski definition) is 3. The van der Waals surface area contributed by atoms with E-state index in [9.17, 15) is 4.79 Å². The van der Waals surface area contributed by atoms with Crippen molar-refractivity contribution < 1.29 is 4.79 Å². The Morgan fingerprint density at radius 1 is 1.10 bits per heavy atom. The summed E-state index contributed by atoms with van der Waals surface area (Å²) in [5.41, 5.74) is 2.48. The molecule has 1 aromatic carbocycles. The number of rotatable bonds is 3. The number of nitrogens with zero attached hydrogens (tertiary/aromatic N) is 3. The van der Waals surface area contributed by atoms with Gasteiger partial charge in [0.25, 0.3) is 5.91 Å². The third-order valence-corrected chi connectivity index (χ3v) is 3.33. The van der Waals surface area contributed by atoms with Crippen LogP contribution in [0.4, 0.5) is 0 Å². The number of pyridine rings is 1. The van der Waals surface area contributed by atoms with Crippen LogP contribution in [-0.4, -0.2) is 21.6 Å². The van der Waals surface area contributed by atoms with Crippen molar-refractivity contribution in [1.82, 2.24) is 9.88 Å². The number of aliphatic imine (C=N–C) groups is 1. The SMILES string of the molecule is CC1=N/C(=C\c2ccncc2)C(=O)N1Cc1ccccc1. The number of amidine groups is 1. The maximum atomic E-state index is 12.5. The second-order valence-electron chi connectivity index (χ2n) is 4.85. The highest BCUT2D eigenvalue weighted by molar-refractivity contribution is 6.13. The molecule has 1 aromatic heterocycles. The average molecular weight is 277 g/mol. The summed E-state index contributed by atoms with van der Waals surface area (Å²) in [5.74, 6) is 0.664. The van der Waals surface area contributed by atoms with Crippen molar-refractivity contribution in [2.75, 3.05) is 0 Å². The lowest BCUT2D eigenvalue weighted by Crippen LogP contribution is -2.29. The van der Waals surface area contributed by atoms with E-state index in [2.05, 4.69) is 9.98 Å². The minimum absolute atomic E-state index is 0.0619. The molecular weight excluding hydrogens is 262 g/mol. The Morgan fingerprint density at radius 2 is 1.81 bits per heavy atom. The van der Waals surface area contributed by atoms with Crippen LogP contribution in [0.5, 0.6) is 0 Å². The Balaban J connectivity index is 1.83. The second kappa shape index (κ2) is 5.71. The van der Waals surface area contributed by atoms with Crippen molar-refractivity contribution in [3.63, 3.8) is 0 Å². The number of amides is 1. The number of carbonyl (C=O) groups excluding carboxylic acids is 1. The fourth-order valence-electron chi connectivity index (χ4n) is 2.23. The van der Waals surface area contributed by atoms with Gasteiger partial charge in [-0.05, 0) is 36.3 Å². The molecular formula is C17H15N3O. The molecule has 4 heteroatoms. The summed E-state index contributed by atoms with van der Waals surface area (Å²) in [6.45, 7) is 2.40. The molecule has 4 nitrogen and oxygen atoms in total. The molecule has 21 heavy (non-hydrogen) atoms. The largest absolute Gasteiger partial charge is 0.291 e. The number of hydrogen-bond donors (Lipinski definition) is 0. The van der Waals surface area contributed by atoms with E-state index < -0.39 is 0 Å². The number of aromatic nitrogens is 1. The van der Waals surface area contributed by atoms with Crippen LogP contribution in [-0.2, 0) is 11.3 Å². The molecule has 0 N–H and O–H groups in total. The average Bonchev–Trinajstić information content (AvgIpc) is 2.77. The standard InChI is InChI=1S/C17H15N3O/c1-13-19-16(11-14-7-9-18-10-8-14)17(21)20(13)12-15-5-3-2-4-6-15/h2-11H,12H2,1H3/b16-11-. The molecule has 104 valence electrons. The zero-order valence-electron chi connectivity index (χ0n) is 11.7. The van der Waals surface area contributed by atoms with Crippen LogP contribution in [0.2, 0.25) is 0 Å². The molecule has 0 atom stereocenters. The summed E-state index contributed by atoms with van der Waals surface area (Å²) in [4.78, 5) is 22.5. The molecule has 0 bridgehead atoms. The van der Waals surface area contributed by atoms with Gasteiger partial charge < -0.3 is 0 Å². The van der Waals surface area contributed by atoms with Crippen LogP contribution in [0.25, 0.3) is 6.08 Å². The van der Waals surface area contributed by atoms with E-state index >= 15 is 0 Å². The molecule has 1 aliphatic rings. The fraction of sp³-hybridized carbons (Fsp3) is 0.118. The smallest absolute Gasteiger partial charge is 0.278 e. The first-order valence-electron chi connectivity index (χ1n) is 6.77. The predicted molar refractivity (Wildman–Crippen MR) is 82.3 cm³/mol. The van der Waals surface area contributed by atoms with Crippen LogP contribution in [0, 0.1) is 0 Å². The summed E-state index contributed by atoms with van der Waals surface area (Å²) in [6.07, 6.45) is 5.19. The van der Waals surface area contributed by atoms with Gasteiger partial charge in [-0.15, -0.1) is 0 Å². The lowest BCUT2D eigenvalue weighted by molar-refractivity contribution is -0.123. The Kier molecular flexibility index (Phi) is 3.60. The topological polar surface area (TPSA) is 45.6 Å². The highest BCUT2D eigenvalue weighted by Crippen LogP contribution is 2.20. The molecule has 1 aliphatic heterocycles. The van der Waals surface area contributed by atoms with E-state index in [0.29, 0.717) is 12.2 Å². The van der Waals surface area contributed by atoms with Gasteiger partial charge in [0.15, 0.2) is 0 Å². The minimum Gasteiger partial charge on any atom is -0.291 e. The molecule has 2 aromatic rings. The lowest BCUT2D eigenvalue weighted by atomic mass is 10.2. The number of carbonyl (C=O) groups is 1. The molecule has 0 saturated carbocycles. The van der Waals surface area contributed by atoms with E-state index in [1.54, 1.807) is 23.4 Å². The van der Waals surface area contributed by atoms with Crippen molar-refractivity contribution in [2.45, 2.75) is 13.5 Å². The van der Waals surface area contributed by atoms with E-state index in [4.69, 9.17) is 0 Å². The van der Waals surface area contributed by atoms with Gasteiger partial charge in [-0.2, -0.15) is 0 Å². The maximum absolute atomic E-state index is 12.5. The van der Waals surface area contributed by atoms with Gasteiger partial charge in [0.1, 0.15) is 11.5 Å². The van der Waals surface area contributed by atoms with Crippen molar-refractivity contribution in [3.8, 4) is 0 Å². The molecule has 0 spiro atoms. The van der Waals surface area contributed by atoms with Crippen LogP contribution in [0.1, 0.15) is 18.1 Å². The highest BCUT2D eigenvalue weighted by Gasteiger charge is 2.27. The second-order valence-corrected chi connectivity index (χ2v) is 4.85. The van der Waals surface area contributed by atoms with Gasteiger partial charge in [0.2, 0.25) is 0 Å². The van der Waals surface area contributed by atoms with Gasteiger partial charge in [-0.1, -0.05) is 30.3 Å².